The molecule has 0 heterocycles. The number of hydrogen-bond donors (Lipinski definition) is 1. The van der Waals surface area contributed by atoms with E-state index < -0.39 is 28.5 Å². The fourth-order valence-electron chi connectivity index (χ4n) is 3.44. The van der Waals surface area contributed by atoms with Crippen LogP contribution >= 0.6 is 11.6 Å². The summed E-state index contributed by atoms with van der Waals surface area (Å²) in [7, 11) is -3.77. The monoisotopic (exact) mass is 507 g/mol. The van der Waals surface area contributed by atoms with Gasteiger partial charge in [-0.3, -0.25) is 13.9 Å². The normalized spacial score (nSPS) is 12.5. The van der Waals surface area contributed by atoms with Gasteiger partial charge in [0.05, 0.1) is 11.9 Å². The highest BCUT2D eigenvalue weighted by Gasteiger charge is 2.30. The minimum Gasteiger partial charge on any atom is -0.352 e. The van der Waals surface area contributed by atoms with Crippen molar-refractivity contribution < 1.29 is 18.0 Å². The molecule has 1 unspecified atom stereocenters. The Morgan fingerprint density at radius 1 is 0.971 bits per heavy atom. The maximum atomic E-state index is 13.5. The van der Waals surface area contributed by atoms with Gasteiger partial charge in [-0.05, 0) is 56.0 Å². The van der Waals surface area contributed by atoms with E-state index in [-0.39, 0.29) is 24.4 Å². The van der Waals surface area contributed by atoms with Crippen LogP contribution in [0.2, 0.25) is 5.02 Å². The fourth-order valence-corrected chi connectivity index (χ4v) is 4.48. The lowest BCUT2D eigenvalue weighted by molar-refractivity contribution is -0.139. The first-order valence-electron chi connectivity index (χ1n) is 11.2. The molecule has 1 N–H and O–H groups in total. The summed E-state index contributed by atoms with van der Waals surface area (Å²) in [6.45, 7) is 8.99. The van der Waals surface area contributed by atoms with Crippen LogP contribution in [0.25, 0.3) is 0 Å². The number of carbonyl (C=O) groups is 2. The number of nitrogens with zero attached hydrogens (tertiary/aromatic N) is 2. The van der Waals surface area contributed by atoms with Crippen molar-refractivity contribution in [1.82, 2.24) is 10.2 Å². The molecule has 2 amide bonds. The maximum Gasteiger partial charge on any atom is 0.244 e. The highest BCUT2D eigenvalue weighted by atomic mass is 35.5. The van der Waals surface area contributed by atoms with Gasteiger partial charge in [0.25, 0.3) is 0 Å². The zero-order chi connectivity index (χ0) is 25.6. The van der Waals surface area contributed by atoms with E-state index in [2.05, 4.69) is 5.32 Å². The molecule has 0 aliphatic heterocycles. The fraction of sp³-hybridized carbons (Fsp3) is 0.440. The van der Waals surface area contributed by atoms with Gasteiger partial charge in [-0.15, -0.1) is 0 Å². The molecule has 2 rings (SSSR count). The number of hydrogen-bond acceptors (Lipinski definition) is 4. The van der Waals surface area contributed by atoms with Gasteiger partial charge in [0.2, 0.25) is 21.8 Å². The average molecular weight is 508 g/mol. The van der Waals surface area contributed by atoms with Gasteiger partial charge in [0.1, 0.15) is 12.6 Å². The number of rotatable bonds is 10. The van der Waals surface area contributed by atoms with Crippen molar-refractivity contribution in [3.05, 3.63) is 64.7 Å². The van der Waals surface area contributed by atoms with Crippen molar-refractivity contribution in [2.24, 2.45) is 0 Å². The molecule has 34 heavy (non-hydrogen) atoms. The third-order valence-corrected chi connectivity index (χ3v) is 6.93. The lowest BCUT2D eigenvalue weighted by Crippen LogP contribution is -2.52. The van der Waals surface area contributed by atoms with E-state index in [9.17, 15) is 18.0 Å². The average Bonchev–Trinajstić information content (AvgIpc) is 2.75. The molecule has 0 aliphatic rings. The summed E-state index contributed by atoms with van der Waals surface area (Å²) in [5.41, 5.74) is 2.11. The van der Waals surface area contributed by atoms with Crippen LogP contribution in [0.5, 0.6) is 0 Å². The van der Waals surface area contributed by atoms with E-state index in [1.54, 1.807) is 43.3 Å². The highest BCUT2D eigenvalue weighted by molar-refractivity contribution is 7.92. The molecule has 0 aliphatic carbocycles. The number of halogens is 1. The topological polar surface area (TPSA) is 86.8 Å². The van der Waals surface area contributed by atoms with Gasteiger partial charge < -0.3 is 10.2 Å². The van der Waals surface area contributed by atoms with Crippen LogP contribution in [0.1, 0.15) is 51.7 Å². The van der Waals surface area contributed by atoms with Gasteiger partial charge >= 0.3 is 0 Å². The molecule has 0 radical (unpaired) electrons. The summed E-state index contributed by atoms with van der Waals surface area (Å²) in [6.07, 6.45) is 1.06. The molecule has 7 nitrogen and oxygen atoms in total. The Morgan fingerprint density at radius 2 is 1.56 bits per heavy atom. The van der Waals surface area contributed by atoms with E-state index in [4.69, 9.17) is 11.6 Å². The third kappa shape index (κ3) is 7.46. The molecule has 0 fully saturated rings. The smallest absolute Gasteiger partial charge is 0.244 e. The number of anilines is 1. The molecule has 1 atom stereocenters. The standard InChI is InChI=1S/C25H34ClN3O4S/c1-17(2)20-11-13-22(14-12-20)29(34(6,32)33)16-24(30)28(19(5)25(31)27-18(3)4)15-21-9-7-8-10-23(21)26/h7-14,17-19H,15-16H2,1-6H3,(H,27,31). The molecule has 2 aromatic rings. The summed E-state index contributed by atoms with van der Waals surface area (Å²) in [6, 6.07) is 13.2. The summed E-state index contributed by atoms with van der Waals surface area (Å²) in [4.78, 5) is 27.6. The van der Waals surface area contributed by atoms with Crippen LogP contribution < -0.4 is 9.62 Å². The van der Waals surface area contributed by atoms with Crippen molar-refractivity contribution in [3.8, 4) is 0 Å². The first-order valence-corrected chi connectivity index (χ1v) is 13.4. The van der Waals surface area contributed by atoms with E-state index in [0.717, 1.165) is 16.1 Å². The molecule has 9 heteroatoms. The lowest BCUT2D eigenvalue weighted by Gasteiger charge is -2.32. The molecule has 0 aromatic heterocycles. The Balaban J connectivity index is 2.40. The van der Waals surface area contributed by atoms with Crippen molar-refractivity contribution >= 4 is 39.1 Å². The first-order chi connectivity index (χ1) is 15.8. The van der Waals surface area contributed by atoms with Crippen LogP contribution in [-0.4, -0.2) is 50.0 Å². The number of carbonyl (C=O) groups excluding carboxylic acids is 2. The summed E-state index contributed by atoms with van der Waals surface area (Å²) >= 11 is 6.31. The largest absolute Gasteiger partial charge is 0.352 e. The second-order valence-electron chi connectivity index (χ2n) is 8.97. The molecule has 2 aromatic carbocycles. The second-order valence-corrected chi connectivity index (χ2v) is 11.3. The minimum atomic E-state index is -3.77. The van der Waals surface area contributed by atoms with Crippen LogP contribution in [0.4, 0.5) is 5.69 Å². The predicted octanol–water partition coefficient (Wildman–Crippen LogP) is 4.17. The number of amides is 2. The molecule has 0 bridgehead atoms. The maximum absolute atomic E-state index is 13.5. The number of nitrogens with one attached hydrogen (secondary N) is 1. The van der Waals surface area contributed by atoms with Crippen molar-refractivity contribution in [2.75, 3.05) is 17.1 Å². The van der Waals surface area contributed by atoms with Crippen molar-refractivity contribution in [2.45, 2.75) is 59.2 Å². The highest BCUT2D eigenvalue weighted by Crippen LogP contribution is 2.23. The molecule has 0 spiro atoms. The Bertz CT molecular complexity index is 1100. The Kier molecular flexibility index (Phi) is 9.53. The van der Waals surface area contributed by atoms with E-state index >= 15 is 0 Å². The van der Waals surface area contributed by atoms with E-state index in [1.165, 1.54) is 4.90 Å². The number of sulfonamides is 1. The van der Waals surface area contributed by atoms with Crippen LogP contribution in [-0.2, 0) is 26.2 Å². The van der Waals surface area contributed by atoms with Gasteiger partial charge in [-0.1, -0.05) is 55.8 Å². The van der Waals surface area contributed by atoms with E-state index in [0.29, 0.717) is 16.3 Å². The molecule has 0 saturated heterocycles. The van der Waals surface area contributed by atoms with Gasteiger partial charge in [-0.25, -0.2) is 8.42 Å². The summed E-state index contributed by atoms with van der Waals surface area (Å²) in [5, 5.41) is 3.27. The minimum absolute atomic E-state index is 0.0646. The quantitative estimate of drug-likeness (QED) is 0.523. The van der Waals surface area contributed by atoms with Gasteiger partial charge in [0.15, 0.2) is 0 Å². The van der Waals surface area contributed by atoms with Crippen molar-refractivity contribution in [1.29, 1.82) is 0 Å². The molecule has 0 saturated carbocycles. The van der Waals surface area contributed by atoms with Gasteiger partial charge in [-0.2, -0.15) is 0 Å². The Labute approximate surface area is 208 Å². The molecular weight excluding hydrogens is 474 g/mol. The lowest BCUT2D eigenvalue weighted by atomic mass is 10.0. The van der Waals surface area contributed by atoms with Crippen LogP contribution in [0.15, 0.2) is 48.5 Å². The zero-order valence-corrected chi connectivity index (χ0v) is 22.2. The second kappa shape index (κ2) is 11.7. The SMILES string of the molecule is CC(C)NC(=O)C(C)N(Cc1ccccc1Cl)C(=O)CN(c1ccc(C(C)C)cc1)S(C)(=O)=O. The van der Waals surface area contributed by atoms with Gasteiger partial charge in [0, 0.05) is 17.6 Å². The number of benzene rings is 2. The predicted molar refractivity (Wildman–Crippen MR) is 137 cm³/mol. The zero-order valence-electron chi connectivity index (χ0n) is 20.6. The first kappa shape index (κ1) is 27.7. The summed E-state index contributed by atoms with van der Waals surface area (Å²) < 4.78 is 26.3. The molecular formula is C25H34ClN3O4S. The molecule has 186 valence electrons. The third-order valence-electron chi connectivity index (χ3n) is 5.42. The van der Waals surface area contributed by atoms with E-state index in [1.807, 2.05) is 39.8 Å². The van der Waals surface area contributed by atoms with Crippen molar-refractivity contribution in [3.63, 3.8) is 0 Å². The Hall–Kier alpha value is -2.58. The van der Waals surface area contributed by atoms with Crippen LogP contribution in [0.3, 0.4) is 0 Å². The van der Waals surface area contributed by atoms with Crippen LogP contribution in [0, 0.1) is 0 Å². The summed E-state index contributed by atoms with van der Waals surface area (Å²) in [5.74, 6) is -0.555. The Morgan fingerprint density at radius 3 is 2.06 bits per heavy atom.